The quantitative estimate of drug-likeness (QED) is 0.459. The van der Waals surface area contributed by atoms with Gasteiger partial charge >= 0.3 is 0 Å². The van der Waals surface area contributed by atoms with Crippen molar-refractivity contribution >= 4 is 17.9 Å². The number of rotatable bonds is 2. The summed E-state index contributed by atoms with van der Waals surface area (Å²) in [6.45, 7) is 1.80. The van der Waals surface area contributed by atoms with Crippen molar-refractivity contribution in [1.29, 1.82) is 0 Å². The normalized spacial score (nSPS) is 48.8. The van der Waals surface area contributed by atoms with Crippen LogP contribution in [0, 0.1) is 5.41 Å². The second-order valence-corrected chi connectivity index (χ2v) is 3.55. The molecule has 52 valence electrons. The van der Waals surface area contributed by atoms with Crippen molar-refractivity contribution in [3.05, 3.63) is 0 Å². The van der Waals surface area contributed by atoms with E-state index in [9.17, 15) is 4.79 Å². The SMILES string of the molecule is C[C@@]1(CO)C[C@]1(Cl)C=O. The third-order valence-corrected chi connectivity index (χ3v) is 2.74. The molecule has 1 N–H and O–H groups in total. The van der Waals surface area contributed by atoms with Crippen molar-refractivity contribution in [2.24, 2.45) is 5.41 Å². The van der Waals surface area contributed by atoms with Gasteiger partial charge in [-0.15, -0.1) is 11.6 Å². The lowest BCUT2D eigenvalue weighted by atomic mass is 10.1. The van der Waals surface area contributed by atoms with Gasteiger partial charge in [-0.25, -0.2) is 0 Å². The van der Waals surface area contributed by atoms with E-state index in [1.165, 1.54) is 0 Å². The van der Waals surface area contributed by atoms with Crippen molar-refractivity contribution in [2.75, 3.05) is 6.61 Å². The minimum Gasteiger partial charge on any atom is -0.396 e. The molecule has 0 heterocycles. The Bertz CT molecular complexity index is 148. The van der Waals surface area contributed by atoms with Crippen molar-refractivity contribution in [2.45, 2.75) is 18.2 Å². The monoisotopic (exact) mass is 148 g/mol. The molecule has 0 bridgehead atoms. The van der Waals surface area contributed by atoms with Crippen LogP contribution < -0.4 is 0 Å². The predicted molar refractivity (Wildman–Crippen MR) is 34.5 cm³/mol. The number of aliphatic hydroxyl groups excluding tert-OH is 1. The molecule has 1 aliphatic carbocycles. The number of hydrogen-bond donors (Lipinski definition) is 1. The van der Waals surface area contributed by atoms with E-state index in [4.69, 9.17) is 16.7 Å². The lowest BCUT2D eigenvalue weighted by Gasteiger charge is -2.05. The zero-order valence-corrected chi connectivity index (χ0v) is 5.98. The fourth-order valence-electron chi connectivity index (χ4n) is 0.895. The van der Waals surface area contributed by atoms with Crippen LogP contribution in [0.5, 0.6) is 0 Å². The molecule has 0 aliphatic heterocycles. The standard InChI is InChI=1S/C6H9ClO2/c1-5(3-8)2-6(5,7)4-9/h4,8H,2-3H2,1H3/t5-,6-/m0/s1. The summed E-state index contributed by atoms with van der Waals surface area (Å²) in [5.41, 5.74) is -0.351. The summed E-state index contributed by atoms with van der Waals surface area (Å²) in [6.07, 6.45) is 1.31. The summed E-state index contributed by atoms with van der Waals surface area (Å²) < 4.78 is 0. The Kier molecular flexibility index (Phi) is 1.33. The summed E-state index contributed by atoms with van der Waals surface area (Å²) in [4.78, 5) is 9.46. The van der Waals surface area contributed by atoms with Crippen molar-refractivity contribution in [1.82, 2.24) is 0 Å². The highest BCUT2D eigenvalue weighted by atomic mass is 35.5. The molecule has 0 saturated heterocycles. The highest BCUT2D eigenvalue weighted by molar-refractivity contribution is 6.34. The molecule has 2 nitrogen and oxygen atoms in total. The van der Waals surface area contributed by atoms with Gasteiger partial charge < -0.3 is 9.90 Å². The Balaban J connectivity index is 2.64. The summed E-state index contributed by atoms with van der Waals surface area (Å²) in [6, 6.07) is 0. The van der Waals surface area contributed by atoms with Crippen LogP contribution in [-0.2, 0) is 4.79 Å². The smallest absolute Gasteiger partial charge is 0.141 e. The maximum Gasteiger partial charge on any atom is 0.141 e. The molecule has 9 heavy (non-hydrogen) atoms. The van der Waals surface area contributed by atoms with Crippen LogP contribution in [0.1, 0.15) is 13.3 Å². The van der Waals surface area contributed by atoms with Gasteiger partial charge in [0.2, 0.25) is 0 Å². The second-order valence-electron chi connectivity index (χ2n) is 2.88. The third kappa shape index (κ3) is 0.775. The zero-order valence-electron chi connectivity index (χ0n) is 5.22. The van der Waals surface area contributed by atoms with E-state index in [2.05, 4.69) is 0 Å². The minimum absolute atomic E-state index is 0.00472. The predicted octanol–water partition coefficient (Wildman–Crippen LogP) is 0.565. The Morgan fingerprint density at radius 3 is 2.56 bits per heavy atom. The van der Waals surface area contributed by atoms with E-state index in [-0.39, 0.29) is 12.0 Å². The largest absolute Gasteiger partial charge is 0.396 e. The van der Waals surface area contributed by atoms with Gasteiger partial charge in [0.05, 0.1) is 6.61 Å². The first-order valence-corrected chi connectivity index (χ1v) is 3.22. The van der Waals surface area contributed by atoms with E-state index in [1.54, 1.807) is 6.92 Å². The molecule has 2 atom stereocenters. The van der Waals surface area contributed by atoms with E-state index < -0.39 is 4.87 Å². The average Bonchev–Trinajstić information content (AvgIpc) is 2.39. The van der Waals surface area contributed by atoms with Gasteiger partial charge in [-0.3, -0.25) is 0 Å². The number of aliphatic hydroxyl groups is 1. The molecule has 1 saturated carbocycles. The van der Waals surface area contributed by atoms with Crippen molar-refractivity contribution < 1.29 is 9.90 Å². The Hall–Kier alpha value is -0.0800. The Morgan fingerprint density at radius 2 is 2.44 bits per heavy atom. The second kappa shape index (κ2) is 1.70. The number of aldehydes is 1. The number of carbonyl (C=O) groups excluding carboxylic acids is 1. The van der Waals surface area contributed by atoms with E-state index >= 15 is 0 Å². The van der Waals surface area contributed by atoms with E-state index in [1.807, 2.05) is 0 Å². The topological polar surface area (TPSA) is 37.3 Å². The first-order chi connectivity index (χ1) is 4.08. The number of halogens is 1. The summed E-state index contributed by atoms with van der Waals surface area (Å²) in [7, 11) is 0. The van der Waals surface area contributed by atoms with Crippen molar-refractivity contribution in [3.63, 3.8) is 0 Å². The van der Waals surface area contributed by atoms with Gasteiger partial charge in [-0.2, -0.15) is 0 Å². The summed E-state index contributed by atoms with van der Waals surface area (Å²) in [5.74, 6) is 0. The average molecular weight is 149 g/mol. The molecule has 3 heteroatoms. The fraction of sp³-hybridized carbons (Fsp3) is 0.833. The maximum absolute atomic E-state index is 10.2. The molecule has 1 rings (SSSR count). The number of carbonyl (C=O) groups is 1. The maximum atomic E-state index is 10.2. The first-order valence-electron chi connectivity index (χ1n) is 2.84. The molecule has 0 amide bonds. The molecular formula is C6H9ClO2. The first kappa shape index (κ1) is 7.03. The lowest BCUT2D eigenvalue weighted by molar-refractivity contribution is -0.108. The highest BCUT2D eigenvalue weighted by Crippen LogP contribution is 2.58. The van der Waals surface area contributed by atoms with E-state index in [0.717, 1.165) is 0 Å². The van der Waals surface area contributed by atoms with Crippen LogP contribution in [0.25, 0.3) is 0 Å². The molecule has 0 aromatic carbocycles. The van der Waals surface area contributed by atoms with Crippen LogP contribution in [0.2, 0.25) is 0 Å². The van der Waals surface area contributed by atoms with Crippen LogP contribution in [0.4, 0.5) is 0 Å². The van der Waals surface area contributed by atoms with Crippen LogP contribution >= 0.6 is 11.6 Å². The molecule has 0 aromatic rings. The molecule has 1 fully saturated rings. The van der Waals surface area contributed by atoms with Crippen LogP contribution in [0.15, 0.2) is 0 Å². The van der Waals surface area contributed by atoms with Crippen LogP contribution in [0.3, 0.4) is 0 Å². The Morgan fingerprint density at radius 1 is 1.89 bits per heavy atom. The number of alkyl halides is 1. The lowest BCUT2D eigenvalue weighted by Crippen LogP contribution is -2.15. The highest BCUT2D eigenvalue weighted by Gasteiger charge is 2.63. The summed E-state index contributed by atoms with van der Waals surface area (Å²) >= 11 is 5.71. The Labute approximate surface area is 58.8 Å². The van der Waals surface area contributed by atoms with Gasteiger partial charge in [0.1, 0.15) is 11.2 Å². The van der Waals surface area contributed by atoms with E-state index in [0.29, 0.717) is 12.7 Å². The zero-order chi connectivity index (χ0) is 7.12. The molecule has 1 aliphatic rings. The number of hydrogen-bond acceptors (Lipinski definition) is 2. The van der Waals surface area contributed by atoms with Gasteiger partial charge in [0.25, 0.3) is 0 Å². The molecule has 0 radical (unpaired) electrons. The molecular weight excluding hydrogens is 140 g/mol. The van der Waals surface area contributed by atoms with Gasteiger partial charge in [0.15, 0.2) is 0 Å². The van der Waals surface area contributed by atoms with Gasteiger partial charge in [0, 0.05) is 5.41 Å². The van der Waals surface area contributed by atoms with Gasteiger partial charge in [-0.05, 0) is 6.42 Å². The fourth-order valence-corrected chi connectivity index (χ4v) is 1.25. The van der Waals surface area contributed by atoms with Crippen LogP contribution in [-0.4, -0.2) is 22.9 Å². The van der Waals surface area contributed by atoms with Crippen molar-refractivity contribution in [3.8, 4) is 0 Å². The third-order valence-electron chi connectivity index (χ3n) is 2.06. The minimum atomic E-state index is -0.762. The van der Waals surface area contributed by atoms with Gasteiger partial charge in [-0.1, -0.05) is 6.92 Å². The molecule has 0 aromatic heterocycles. The molecule has 0 spiro atoms. The molecule has 0 unspecified atom stereocenters. The summed E-state index contributed by atoms with van der Waals surface area (Å²) in [5, 5.41) is 8.69.